The fraction of sp³-hybridized carbons (Fsp3) is 0.609. The van der Waals surface area contributed by atoms with Gasteiger partial charge in [0.1, 0.15) is 12.2 Å². The largest absolute Gasteiger partial charge is 0.475 e. The number of carbonyl (C=O) groups is 1. The van der Waals surface area contributed by atoms with Crippen molar-refractivity contribution in [1.29, 1.82) is 0 Å². The van der Waals surface area contributed by atoms with Gasteiger partial charge in [-0.15, -0.1) is 0 Å². The van der Waals surface area contributed by atoms with E-state index in [1.165, 1.54) is 0 Å². The lowest BCUT2D eigenvalue weighted by Gasteiger charge is -2.54. The number of hydrogen-bond donors (Lipinski definition) is 0. The van der Waals surface area contributed by atoms with Crippen LogP contribution >= 0.6 is 0 Å². The van der Waals surface area contributed by atoms with Crippen molar-refractivity contribution in [2.24, 2.45) is 5.41 Å². The van der Waals surface area contributed by atoms with Gasteiger partial charge in [-0.2, -0.15) is 0 Å². The zero-order chi connectivity index (χ0) is 20.4. The van der Waals surface area contributed by atoms with Crippen molar-refractivity contribution >= 4 is 6.09 Å². The molecular weight excluding hydrogens is 352 g/mol. The van der Waals surface area contributed by atoms with Crippen LogP contribution in [-0.2, 0) is 16.1 Å². The number of piperidine rings is 1. The van der Waals surface area contributed by atoms with Crippen LogP contribution in [0.3, 0.4) is 0 Å². The molecule has 1 saturated heterocycles. The summed E-state index contributed by atoms with van der Waals surface area (Å²) < 4.78 is 11.4. The first kappa shape index (κ1) is 20.6. The second kappa shape index (κ2) is 8.06. The molecule has 1 spiro atoms. The average Bonchev–Trinajstić information content (AvgIpc) is 2.63. The van der Waals surface area contributed by atoms with Crippen molar-refractivity contribution in [2.75, 3.05) is 20.1 Å². The summed E-state index contributed by atoms with van der Waals surface area (Å²) in [6.45, 7) is 12.3. The second-order valence-electron chi connectivity index (χ2n) is 9.31. The highest BCUT2D eigenvalue weighted by atomic mass is 16.6. The molecule has 5 heteroatoms. The normalized spacial score (nSPS) is 19.1. The summed E-state index contributed by atoms with van der Waals surface area (Å²) in [4.78, 5) is 16.3. The quantitative estimate of drug-likeness (QED) is 0.683. The Labute approximate surface area is 169 Å². The molecule has 1 aromatic rings. The molecule has 0 radical (unpaired) electrons. The smallest absolute Gasteiger partial charge is 0.410 e. The number of amides is 1. The summed E-state index contributed by atoms with van der Waals surface area (Å²) in [5.74, 6) is 0.764. The highest BCUT2D eigenvalue weighted by Gasteiger charge is 2.48. The maximum Gasteiger partial charge on any atom is 0.410 e. The van der Waals surface area contributed by atoms with Crippen molar-refractivity contribution < 1.29 is 14.3 Å². The van der Waals surface area contributed by atoms with E-state index in [0.717, 1.165) is 50.2 Å². The molecule has 0 N–H and O–H groups in total. The zero-order valence-electron chi connectivity index (χ0n) is 17.7. The van der Waals surface area contributed by atoms with Crippen molar-refractivity contribution in [1.82, 2.24) is 9.80 Å². The summed E-state index contributed by atoms with van der Waals surface area (Å²) in [5, 5.41) is 0. The van der Waals surface area contributed by atoms with Crippen LogP contribution in [0.1, 0.15) is 52.0 Å². The van der Waals surface area contributed by atoms with Crippen molar-refractivity contribution in [3.63, 3.8) is 0 Å². The van der Waals surface area contributed by atoms with E-state index in [-0.39, 0.29) is 6.09 Å². The van der Waals surface area contributed by atoms with Crippen molar-refractivity contribution in [2.45, 2.75) is 64.7 Å². The van der Waals surface area contributed by atoms with Gasteiger partial charge < -0.3 is 19.3 Å². The van der Waals surface area contributed by atoms with Crippen LogP contribution in [-0.4, -0.2) is 47.7 Å². The van der Waals surface area contributed by atoms with Crippen LogP contribution in [0.25, 0.3) is 0 Å². The van der Waals surface area contributed by atoms with Crippen molar-refractivity contribution in [3.8, 4) is 0 Å². The van der Waals surface area contributed by atoms with E-state index in [1.54, 1.807) is 4.90 Å². The maximum atomic E-state index is 12.3. The van der Waals surface area contributed by atoms with Crippen molar-refractivity contribution in [3.05, 3.63) is 48.4 Å². The molecule has 154 valence electrons. The summed E-state index contributed by atoms with van der Waals surface area (Å²) in [6.07, 6.45) is 4.16. The lowest BCUT2D eigenvalue weighted by molar-refractivity contribution is -0.0487. The van der Waals surface area contributed by atoms with Crippen LogP contribution in [0, 0.1) is 5.41 Å². The topological polar surface area (TPSA) is 42.0 Å². The van der Waals surface area contributed by atoms with Crippen LogP contribution in [0.2, 0.25) is 0 Å². The van der Waals surface area contributed by atoms with E-state index >= 15 is 0 Å². The summed E-state index contributed by atoms with van der Waals surface area (Å²) in [6, 6.07) is 10.5. The van der Waals surface area contributed by atoms with Crippen LogP contribution in [0.4, 0.5) is 4.79 Å². The Morgan fingerprint density at radius 1 is 1.21 bits per heavy atom. The highest BCUT2D eigenvalue weighted by molar-refractivity contribution is 5.68. The molecule has 0 bridgehead atoms. The SMILES string of the molecule is C=C(OCc1ccccc1)N1CCC2(CC1)CC(N(C)C(=O)OC(C)(C)C)C2. The minimum absolute atomic E-state index is 0.215. The van der Waals surface area contributed by atoms with Gasteiger partial charge in [0.05, 0.1) is 0 Å². The standard InChI is InChI=1S/C23H34N2O3/c1-18(27-17-19-9-7-6-8-10-19)25-13-11-23(12-14-25)15-20(16-23)24(5)21(26)28-22(2,3)4/h6-10,20H,1,11-17H2,2-5H3. The zero-order valence-corrected chi connectivity index (χ0v) is 17.7. The van der Waals surface area contributed by atoms with E-state index in [4.69, 9.17) is 9.47 Å². The van der Waals surface area contributed by atoms with Gasteiger partial charge in [-0.1, -0.05) is 30.3 Å². The number of carbonyl (C=O) groups excluding carboxylic acids is 1. The molecular formula is C23H34N2O3. The third-order valence-corrected chi connectivity index (χ3v) is 5.99. The molecule has 1 aromatic carbocycles. The van der Waals surface area contributed by atoms with Gasteiger partial charge in [-0.25, -0.2) is 4.79 Å². The van der Waals surface area contributed by atoms with Gasteiger partial charge in [-0.05, 0) is 64.0 Å². The second-order valence-corrected chi connectivity index (χ2v) is 9.31. The number of hydrogen-bond acceptors (Lipinski definition) is 4. The predicted octanol–water partition coefficient (Wildman–Crippen LogP) is 4.79. The molecule has 0 aromatic heterocycles. The molecule has 1 heterocycles. The number of rotatable bonds is 5. The Kier molecular flexibility index (Phi) is 5.92. The Bertz CT molecular complexity index is 680. The molecule has 1 amide bonds. The van der Waals surface area contributed by atoms with E-state index < -0.39 is 5.60 Å². The lowest BCUT2D eigenvalue weighted by Crippen LogP contribution is -2.55. The third-order valence-electron chi connectivity index (χ3n) is 5.99. The first-order valence-corrected chi connectivity index (χ1v) is 10.2. The van der Waals surface area contributed by atoms with Gasteiger partial charge in [-0.3, -0.25) is 0 Å². The summed E-state index contributed by atoms with van der Waals surface area (Å²) in [7, 11) is 1.86. The summed E-state index contributed by atoms with van der Waals surface area (Å²) in [5.41, 5.74) is 1.07. The fourth-order valence-electron chi connectivity index (χ4n) is 4.17. The minimum atomic E-state index is -0.446. The first-order chi connectivity index (χ1) is 13.2. The van der Waals surface area contributed by atoms with E-state index in [9.17, 15) is 4.79 Å². The molecule has 1 aliphatic carbocycles. The number of benzene rings is 1. The fourth-order valence-corrected chi connectivity index (χ4v) is 4.17. The molecule has 1 saturated carbocycles. The molecule has 1 aliphatic heterocycles. The molecule has 3 rings (SSSR count). The third kappa shape index (κ3) is 5.00. The number of likely N-dealkylation sites (tertiary alicyclic amines) is 1. The first-order valence-electron chi connectivity index (χ1n) is 10.2. The Morgan fingerprint density at radius 3 is 2.39 bits per heavy atom. The van der Waals surface area contributed by atoms with Crippen LogP contribution in [0.15, 0.2) is 42.8 Å². The van der Waals surface area contributed by atoms with Gasteiger partial charge in [0, 0.05) is 26.2 Å². The molecule has 2 aliphatic rings. The monoisotopic (exact) mass is 386 g/mol. The Morgan fingerprint density at radius 2 is 1.82 bits per heavy atom. The molecule has 0 atom stereocenters. The molecule has 5 nitrogen and oxygen atoms in total. The number of ether oxygens (including phenoxy) is 2. The van der Waals surface area contributed by atoms with Gasteiger partial charge in [0.25, 0.3) is 0 Å². The molecule has 2 fully saturated rings. The van der Waals surface area contributed by atoms with Gasteiger partial charge in [0.2, 0.25) is 0 Å². The van der Waals surface area contributed by atoms with E-state index in [0.29, 0.717) is 18.1 Å². The molecule has 0 unspecified atom stereocenters. The highest BCUT2D eigenvalue weighted by Crippen LogP contribution is 2.51. The van der Waals surface area contributed by atoms with Gasteiger partial charge >= 0.3 is 6.09 Å². The van der Waals surface area contributed by atoms with E-state index in [2.05, 4.69) is 23.6 Å². The van der Waals surface area contributed by atoms with Crippen LogP contribution in [0.5, 0.6) is 0 Å². The maximum absolute atomic E-state index is 12.3. The minimum Gasteiger partial charge on any atom is -0.475 e. The Balaban J connectivity index is 1.41. The van der Waals surface area contributed by atoms with Crippen LogP contribution < -0.4 is 0 Å². The number of nitrogens with zero attached hydrogens (tertiary/aromatic N) is 2. The van der Waals surface area contributed by atoms with Gasteiger partial charge in [0.15, 0.2) is 5.88 Å². The lowest BCUT2D eigenvalue weighted by atomic mass is 9.60. The molecule has 28 heavy (non-hydrogen) atoms. The summed E-state index contributed by atoms with van der Waals surface area (Å²) >= 11 is 0. The average molecular weight is 387 g/mol. The predicted molar refractivity (Wildman–Crippen MR) is 111 cm³/mol. The van der Waals surface area contributed by atoms with E-state index in [1.807, 2.05) is 46.0 Å². The Hall–Kier alpha value is -2.17.